The predicted octanol–water partition coefficient (Wildman–Crippen LogP) is 2.15. The van der Waals surface area contributed by atoms with Gasteiger partial charge in [-0.3, -0.25) is 4.79 Å². The van der Waals surface area contributed by atoms with Gasteiger partial charge < -0.3 is 10.1 Å². The summed E-state index contributed by atoms with van der Waals surface area (Å²) in [6.45, 7) is 0.0943. The number of aromatic nitrogens is 4. The number of tetrazole rings is 1. The molecule has 0 bridgehead atoms. The number of nitrogens with one attached hydrogen (secondary N) is 2. The zero-order valence-electron chi connectivity index (χ0n) is 12.3. The molecule has 0 atom stereocenters. The fourth-order valence-corrected chi connectivity index (χ4v) is 2.64. The minimum absolute atomic E-state index is 0.0943. The molecule has 0 spiro atoms. The van der Waals surface area contributed by atoms with E-state index in [1.807, 2.05) is 24.3 Å². The molecule has 0 saturated heterocycles. The molecule has 1 aromatic heterocycles. The van der Waals surface area contributed by atoms with Crippen molar-refractivity contribution < 1.29 is 9.53 Å². The summed E-state index contributed by atoms with van der Waals surface area (Å²) in [6, 6.07) is 7.33. The molecule has 22 heavy (non-hydrogen) atoms. The highest BCUT2D eigenvalue weighted by atomic mass is 16.5. The molecule has 1 saturated carbocycles. The van der Waals surface area contributed by atoms with E-state index >= 15 is 0 Å². The van der Waals surface area contributed by atoms with Gasteiger partial charge in [-0.2, -0.15) is 5.21 Å². The first-order chi connectivity index (χ1) is 10.8. The predicted molar refractivity (Wildman–Crippen MR) is 81.1 cm³/mol. The second kappa shape index (κ2) is 7.13. The molecule has 116 valence electrons. The number of carbonyl (C=O) groups is 1. The minimum Gasteiger partial charge on any atom is -0.368 e. The lowest BCUT2D eigenvalue weighted by Crippen LogP contribution is -2.24. The lowest BCUT2D eigenvalue weighted by Gasteiger charge is -2.21. The van der Waals surface area contributed by atoms with Crippen LogP contribution in [0.3, 0.4) is 0 Å². The molecular formula is C15H19N5O2. The lowest BCUT2D eigenvalue weighted by molar-refractivity contribution is -0.123. The van der Waals surface area contributed by atoms with Crippen molar-refractivity contribution in [3.8, 4) is 11.4 Å². The second-order valence-corrected chi connectivity index (χ2v) is 5.44. The third kappa shape index (κ3) is 3.88. The van der Waals surface area contributed by atoms with Gasteiger partial charge in [0.05, 0.1) is 6.10 Å². The van der Waals surface area contributed by atoms with E-state index in [1.54, 1.807) is 0 Å². The van der Waals surface area contributed by atoms with Gasteiger partial charge in [0.2, 0.25) is 11.7 Å². The number of amides is 1. The number of aromatic amines is 1. The van der Waals surface area contributed by atoms with Gasteiger partial charge in [0.25, 0.3) is 0 Å². The van der Waals surface area contributed by atoms with Crippen LogP contribution in [0.1, 0.15) is 32.1 Å². The summed E-state index contributed by atoms with van der Waals surface area (Å²) in [5, 5.41) is 16.6. The summed E-state index contributed by atoms with van der Waals surface area (Å²) < 4.78 is 5.67. The number of hydrogen-bond acceptors (Lipinski definition) is 5. The Morgan fingerprint density at radius 2 is 2.18 bits per heavy atom. The van der Waals surface area contributed by atoms with Crippen molar-refractivity contribution in [3.05, 3.63) is 24.3 Å². The molecule has 2 N–H and O–H groups in total. The van der Waals surface area contributed by atoms with Crippen LogP contribution in [-0.2, 0) is 9.53 Å². The number of ether oxygens (including phenoxy) is 1. The Balaban J connectivity index is 1.54. The number of anilines is 1. The number of hydrogen-bond donors (Lipinski definition) is 2. The van der Waals surface area contributed by atoms with E-state index in [1.165, 1.54) is 19.3 Å². The van der Waals surface area contributed by atoms with Crippen LogP contribution in [0.15, 0.2) is 24.3 Å². The van der Waals surface area contributed by atoms with Crippen LogP contribution >= 0.6 is 0 Å². The molecule has 1 aliphatic rings. The highest BCUT2D eigenvalue weighted by Crippen LogP contribution is 2.21. The summed E-state index contributed by atoms with van der Waals surface area (Å²) in [5.41, 5.74) is 1.49. The van der Waals surface area contributed by atoms with Crippen LogP contribution in [-0.4, -0.2) is 39.2 Å². The Morgan fingerprint density at radius 3 is 2.95 bits per heavy atom. The van der Waals surface area contributed by atoms with Crippen LogP contribution in [0.25, 0.3) is 11.4 Å². The normalized spacial score (nSPS) is 15.6. The Morgan fingerprint density at radius 1 is 1.32 bits per heavy atom. The first kappa shape index (κ1) is 14.6. The molecular weight excluding hydrogens is 282 g/mol. The fraction of sp³-hybridized carbons (Fsp3) is 0.467. The van der Waals surface area contributed by atoms with Crippen molar-refractivity contribution in [2.45, 2.75) is 38.2 Å². The van der Waals surface area contributed by atoms with E-state index in [2.05, 4.69) is 25.9 Å². The standard InChI is InChI=1S/C15H19N5O2/c21-14(10-22-13-7-2-1-3-8-13)16-12-6-4-5-11(9-12)15-17-19-20-18-15/h4-6,9,13H,1-3,7-8,10H2,(H,16,21)(H,17,18,19,20). The first-order valence-electron chi connectivity index (χ1n) is 7.56. The molecule has 2 aromatic rings. The van der Waals surface area contributed by atoms with Crippen LogP contribution in [0.2, 0.25) is 0 Å². The zero-order chi connectivity index (χ0) is 15.2. The highest BCUT2D eigenvalue weighted by molar-refractivity contribution is 5.92. The first-order valence-corrected chi connectivity index (χ1v) is 7.56. The second-order valence-electron chi connectivity index (χ2n) is 5.44. The van der Waals surface area contributed by atoms with Gasteiger partial charge in [-0.15, -0.1) is 10.2 Å². The van der Waals surface area contributed by atoms with Crippen LogP contribution in [0.5, 0.6) is 0 Å². The number of benzene rings is 1. The maximum atomic E-state index is 12.0. The van der Waals surface area contributed by atoms with E-state index in [0.717, 1.165) is 18.4 Å². The van der Waals surface area contributed by atoms with Gasteiger partial charge in [0, 0.05) is 11.3 Å². The van der Waals surface area contributed by atoms with Gasteiger partial charge in [-0.25, -0.2) is 0 Å². The van der Waals surface area contributed by atoms with E-state index < -0.39 is 0 Å². The minimum atomic E-state index is -0.143. The molecule has 0 radical (unpaired) electrons. The molecule has 7 heteroatoms. The van der Waals surface area contributed by atoms with Crippen molar-refractivity contribution in [2.75, 3.05) is 11.9 Å². The van der Waals surface area contributed by atoms with Crippen molar-refractivity contribution >= 4 is 11.6 Å². The molecule has 1 amide bonds. The monoisotopic (exact) mass is 301 g/mol. The molecule has 1 heterocycles. The van der Waals surface area contributed by atoms with E-state index in [4.69, 9.17) is 4.74 Å². The smallest absolute Gasteiger partial charge is 0.250 e. The lowest BCUT2D eigenvalue weighted by atomic mass is 9.98. The van der Waals surface area contributed by atoms with Gasteiger partial charge >= 0.3 is 0 Å². The van der Waals surface area contributed by atoms with Crippen molar-refractivity contribution in [2.24, 2.45) is 0 Å². The number of rotatable bonds is 5. The van der Waals surface area contributed by atoms with Crippen LogP contribution in [0, 0.1) is 0 Å². The van der Waals surface area contributed by atoms with Gasteiger partial charge in [-0.1, -0.05) is 31.4 Å². The van der Waals surface area contributed by atoms with Crippen molar-refractivity contribution in [1.82, 2.24) is 20.6 Å². The van der Waals surface area contributed by atoms with E-state index in [9.17, 15) is 4.79 Å². The van der Waals surface area contributed by atoms with Crippen LogP contribution in [0.4, 0.5) is 5.69 Å². The maximum Gasteiger partial charge on any atom is 0.250 e. The topological polar surface area (TPSA) is 92.8 Å². The quantitative estimate of drug-likeness (QED) is 0.882. The van der Waals surface area contributed by atoms with Crippen molar-refractivity contribution in [1.29, 1.82) is 0 Å². The Hall–Kier alpha value is -2.28. The summed E-state index contributed by atoms with van der Waals surface area (Å²) in [5.74, 6) is 0.352. The van der Waals surface area contributed by atoms with Gasteiger partial charge in [-0.05, 0) is 30.2 Å². The Bertz CT molecular complexity index is 608. The average molecular weight is 301 g/mol. The average Bonchev–Trinajstić information content (AvgIpc) is 3.09. The molecule has 0 unspecified atom stereocenters. The van der Waals surface area contributed by atoms with Crippen molar-refractivity contribution in [3.63, 3.8) is 0 Å². The molecule has 7 nitrogen and oxygen atoms in total. The SMILES string of the molecule is O=C(COC1CCCCC1)Nc1cccc(-c2nn[nH]n2)c1. The maximum absolute atomic E-state index is 12.0. The summed E-state index contributed by atoms with van der Waals surface area (Å²) in [7, 11) is 0. The largest absolute Gasteiger partial charge is 0.368 e. The molecule has 1 aliphatic carbocycles. The molecule has 0 aliphatic heterocycles. The molecule has 1 aromatic carbocycles. The fourth-order valence-electron chi connectivity index (χ4n) is 2.64. The summed E-state index contributed by atoms with van der Waals surface area (Å²) in [4.78, 5) is 12.0. The number of H-pyrrole nitrogens is 1. The van der Waals surface area contributed by atoms with Crippen LogP contribution < -0.4 is 5.32 Å². The molecule has 1 fully saturated rings. The van der Waals surface area contributed by atoms with E-state index in [-0.39, 0.29) is 18.6 Å². The Kier molecular flexibility index (Phi) is 4.75. The summed E-state index contributed by atoms with van der Waals surface area (Å²) in [6.07, 6.45) is 6.00. The highest BCUT2D eigenvalue weighted by Gasteiger charge is 2.15. The molecule has 3 rings (SSSR count). The third-order valence-corrected chi connectivity index (χ3v) is 3.75. The van der Waals surface area contributed by atoms with E-state index in [0.29, 0.717) is 11.5 Å². The summed E-state index contributed by atoms with van der Waals surface area (Å²) >= 11 is 0. The number of nitrogens with zero attached hydrogens (tertiary/aromatic N) is 3. The zero-order valence-corrected chi connectivity index (χ0v) is 12.3. The van der Waals surface area contributed by atoms with Gasteiger partial charge in [0.15, 0.2) is 0 Å². The van der Waals surface area contributed by atoms with Gasteiger partial charge in [0.1, 0.15) is 6.61 Å². The Labute approximate surface area is 128 Å². The third-order valence-electron chi connectivity index (χ3n) is 3.75. The number of carbonyl (C=O) groups excluding carboxylic acids is 1.